The number of ether oxygens (including phenoxy) is 1. The van der Waals surface area contributed by atoms with Crippen LogP contribution in [0.15, 0.2) is 47.8 Å². The average Bonchev–Trinajstić information content (AvgIpc) is 3.17. The summed E-state index contributed by atoms with van der Waals surface area (Å²) in [6.07, 6.45) is 0.956. The fourth-order valence-electron chi connectivity index (χ4n) is 2.92. The summed E-state index contributed by atoms with van der Waals surface area (Å²) in [6.45, 7) is 3.37. The minimum atomic E-state index is 0.0523. The molecule has 0 aliphatic carbocycles. The molecule has 0 spiro atoms. The monoisotopic (exact) mass is 323 g/mol. The van der Waals surface area contributed by atoms with Crippen molar-refractivity contribution in [2.45, 2.75) is 19.9 Å². The maximum absolute atomic E-state index is 12.8. The van der Waals surface area contributed by atoms with Gasteiger partial charge in [0.05, 0.1) is 13.2 Å². The van der Waals surface area contributed by atoms with Gasteiger partial charge >= 0.3 is 0 Å². The second-order valence-corrected chi connectivity index (χ2v) is 6.65. The van der Waals surface area contributed by atoms with Gasteiger partial charge in [0.25, 0.3) is 5.91 Å². The van der Waals surface area contributed by atoms with Gasteiger partial charge in [0, 0.05) is 16.0 Å². The lowest BCUT2D eigenvalue weighted by Gasteiger charge is -2.15. The lowest BCUT2D eigenvalue weighted by Crippen LogP contribution is -2.22. The highest BCUT2D eigenvalue weighted by Gasteiger charge is 2.29. The van der Waals surface area contributed by atoms with Crippen LogP contribution in [0.4, 0.5) is 5.69 Å². The lowest BCUT2D eigenvalue weighted by atomic mass is 10.1. The van der Waals surface area contributed by atoms with Crippen LogP contribution in [0.5, 0.6) is 5.75 Å². The molecule has 1 aromatic heterocycles. The number of anilines is 1. The second-order valence-electron chi connectivity index (χ2n) is 5.70. The van der Waals surface area contributed by atoms with Gasteiger partial charge in [-0.2, -0.15) is 0 Å². The summed E-state index contributed by atoms with van der Waals surface area (Å²) in [7, 11) is 0. The van der Waals surface area contributed by atoms with Crippen molar-refractivity contribution in [1.29, 1.82) is 0 Å². The maximum atomic E-state index is 12.8. The van der Waals surface area contributed by atoms with Crippen molar-refractivity contribution >= 4 is 33.0 Å². The number of fused-ring (bicyclic) bond motifs is 2. The summed E-state index contributed by atoms with van der Waals surface area (Å²) in [5.41, 5.74) is 2.77. The van der Waals surface area contributed by atoms with Crippen molar-refractivity contribution in [3.8, 4) is 5.75 Å². The van der Waals surface area contributed by atoms with E-state index in [1.54, 1.807) is 11.3 Å². The van der Waals surface area contributed by atoms with Gasteiger partial charge in [-0.1, -0.05) is 13.0 Å². The van der Waals surface area contributed by atoms with E-state index < -0.39 is 0 Å². The number of rotatable bonds is 4. The van der Waals surface area contributed by atoms with Crippen LogP contribution in [0, 0.1) is 0 Å². The minimum Gasteiger partial charge on any atom is -0.494 e. The first-order valence-corrected chi connectivity index (χ1v) is 8.69. The van der Waals surface area contributed by atoms with Gasteiger partial charge in [-0.25, -0.2) is 0 Å². The Balaban J connectivity index is 1.65. The highest BCUT2D eigenvalue weighted by Crippen LogP contribution is 2.33. The molecule has 0 radical (unpaired) electrons. The van der Waals surface area contributed by atoms with Crippen molar-refractivity contribution < 1.29 is 9.53 Å². The molecular formula is C19H17NO2S. The van der Waals surface area contributed by atoms with Crippen LogP contribution in [-0.4, -0.2) is 12.5 Å². The van der Waals surface area contributed by atoms with E-state index in [0.717, 1.165) is 29.0 Å². The maximum Gasteiger partial charge on any atom is 0.259 e. The van der Waals surface area contributed by atoms with Crippen LogP contribution in [0.3, 0.4) is 0 Å². The Labute approximate surface area is 139 Å². The predicted molar refractivity (Wildman–Crippen MR) is 94.6 cm³/mol. The van der Waals surface area contributed by atoms with Crippen LogP contribution in [0.25, 0.3) is 10.1 Å². The van der Waals surface area contributed by atoms with Crippen molar-refractivity contribution in [2.24, 2.45) is 0 Å². The van der Waals surface area contributed by atoms with Crippen LogP contribution >= 0.6 is 11.3 Å². The highest BCUT2D eigenvalue weighted by atomic mass is 32.1. The summed E-state index contributed by atoms with van der Waals surface area (Å²) in [5, 5.41) is 3.26. The number of thiophene rings is 1. The summed E-state index contributed by atoms with van der Waals surface area (Å²) in [6, 6.07) is 14.1. The number of carbonyl (C=O) groups is 1. The largest absolute Gasteiger partial charge is 0.494 e. The molecule has 0 saturated carbocycles. The number of hydrogen-bond donors (Lipinski definition) is 0. The van der Waals surface area contributed by atoms with E-state index >= 15 is 0 Å². The highest BCUT2D eigenvalue weighted by molar-refractivity contribution is 7.17. The zero-order valence-electron chi connectivity index (χ0n) is 12.9. The summed E-state index contributed by atoms with van der Waals surface area (Å²) >= 11 is 1.72. The smallest absolute Gasteiger partial charge is 0.259 e. The number of hydrogen-bond acceptors (Lipinski definition) is 3. The van der Waals surface area contributed by atoms with Gasteiger partial charge in [0.1, 0.15) is 5.75 Å². The SMILES string of the molecule is CCCOc1ccc2c(c1)C(=O)N(c1ccc3sccc3c1)C2. The Morgan fingerprint density at radius 3 is 2.96 bits per heavy atom. The van der Waals surface area contributed by atoms with Gasteiger partial charge in [-0.15, -0.1) is 11.3 Å². The van der Waals surface area contributed by atoms with E-state index in [9.17, 15) is 4.79 Å². The Hall–Kier alpha value is -2.33. The van der Waals surface area contributed by atoms with E-state index in [-0.39, 0.29) is 5.91 Å². The van der Waals surface area contributed by atoms with Crippen molar-refractivity contribution in [2.75, 3.05) is 11.5 Å². The molecule has 116 valence electrons. The molecule has 0 saturated heterocycles. The van der Waals surface area contributed by atoms with Gasteiger partial charge in [0.15, 0.2) is 0 Å². The third-order valence-electron chi connectivity index (χ3n) is 4.11. The molecule has 2 heterocycles. The molecule has 0 N–H and O–H groups in total. The van der Waals surface area contributed by atoms with Gasteiger partial charge in [0.2, 0.25) is 0 Å². The average molecular weight is 323 g/mol. The topological polar surface area (TPSA) is 29.5 Å². The number of carbonyl (C=O) groups excluding carboxylic acids is 1. The molecule has 0 unspecified atom stereocenters. The normalized spacial score (nSPS) is 13.6. The molecule has 2 aromatic carbocycles. The Morgan fingerprint density at radius 2 is 2.09 bits per heavy atom. The summed E-state index contributed by atoms with van der Waals surface area (Å²) in [5.74, 6) is 0.825. The van der Waals surface area contributed by atoms with Gasteiger partial charge < -0.3 is 9.64 Å². The fourth-order valence-corrected chi connectivity index (χ4v) is 3.69. The molecule has 0 atom stereocenters. The first kappa shape index (κ1) is 14.3. The molecule has 4 rings (SSSR count). The van der Waals surface area contributed by atoms with Gasteiger partial charge in [-0.05, 0) is 59.1 Å². The number of benzene rings is 2. The number of nitrogens with zero attached hydrogens (tertiary/aromatic N) is 1. The van der Waals surface area contributed by atoms with Crippen LogP contribution < -0.4 is 9.64 Å². The van der Waals surface area contributed by atoms with E-state index in [1.165, 1.54) is 10.1 Å². The Kier molecular flexibility index (Phi) is 3.54. The molecule has 3 aromatic rings. The Bertz CT molecular complexity index is 884. The van der Waals surface area contributed by atoms with Crippen molar-refractivity contribution in [3.63, 3.8) is 0 Å². The molecule has 0 bridgehead atoms. The van der Waals surface area contributed by atoms with Crippen molar-refractivity contribution in [1.82, 2.24) is 0 Å². The molecule has 0 fully saturated rings. The first-order valence-electron chi connectivity index (χ1n) is 7.81. The third kappa shape index (κ3) is 2.49. The fraction of sp³-hybridized carbons (Fsp3) is 0.211. The zero-order valence-corrected chi connectivity index (χ0v) is 13.7. The van der Waals surface area contributed by atoms with E-state index in [2.05, 4.69) is 30.5 Å². The van der Waals surface area contributed by atoms with E-state index in [0.29, 0.717) is 13.2 Å². The quantitative estimate of drug-likeness (QED) is 0.687. The summed E-state index contributed by atoms with van der Waals surface area (Å²) in [4.78, 5) is 14.6. The molecule has 1 aliphatic heterocycles. The summed E-state index contributed by atoms with van der Waals surface area (Å²) < 4.78 is 6.89. The standard InChI is InChI=1S/C19H17NO2S/c1-2-8-22-16-5-3-14-12-20(19(21)17(14)11-16)15-4-6-18-13(10-15)7-9-23-18/h3-7,9-11H,2,8,12H2,1H3. The van der Waals surface area contributed by atoms with E-state index in [4.69, 9.17) is 4.74 Å². The third-order valence-corrected chi connectivity index (χ3v) is 5.00. The lowest BCUT2D eigenvalue weighted by molar-refractivity contribution is 0.0996. The second kappa shape index (κ2) is 5.70. The molecule has 23 heavy (non-hydrogen) atoms. The van der Waals surface area contributed by atoms with Crippen LogP contribution in [-0.2, 0) is 6.54 Å². The zero-order chi connectivity index (χ0) is 15.8. The van der Waals surface area contributed by atoms with Crippen LogP contribution in [0.2, 0.25) is 0 Å². The Morgan fingerprint density at radius 1 is 1.17 bits per heavy atom. The molecule has 1 aliphatic rings. The van der Waals surface area contributed by atoms with E-state index in [1.807, 2.05) is 29.2 Å². The van der Waals surface area contributed by atoms with Crippen LogP contribution in [0.1, 0.15) is 29.3 Å². The molecule has 3 nitrogen and oxygen atoms in total. The molecule has 1 amide bonds. The van der Waals surface area contributed by atoms with Gasteiger partial charge in [-0.3, -0.25) is 4.79 Å². The predicted octanol–water partition coefficient (Wildman–Crippen LogP) is 4.85. The number of amides is 1. The molecular weight excluding hydrogens is 306 g/mol. The molecule has 4 heteroatoms. The van der Waals surface area contributed by atoms with Crippen molar-refractivity contribution in [3.05, 3.63) is 59.0 Å². The minimum absolute atomic E-state index is 0.0523. The first-order chi connectivity index (χ1) is 11.3.